The highest BCUT2D eigenvalue weighted by Gasteiger charge is 2.19. The van der Waals surface area contributed by atoms with Gasteiger partial charge in [0.25, 0.3) is 0 Å². The maximum Gasteiger partial charge on any atom is 0.184 e. The number of imidazole rings is 1. The number of aromatic amines is 1. The van der Waals surface area contributed by atoms with Crippen molar-refractivity contribution < 1.29 is 8.78 Å². The van der Waals surface area contributed by atoms with Crippen LogP contribution >= 0.6 is 12.2 Å². The number of benzene rings is 1. The highest BCUT2D eigenvalue weighted by molar-refractivity contribution is 7.71. The first-order valence-electron chi connectivity index (χ1n) is 7.62. The van der Waals surface area contributed by atoms with Crippen LogP contribution in [0, 0.1) is 28.2 Å². The number of fused-ring (bicyclic) bond motifs is 1. The molecule has 1 aliphatic carbocycles. The Balaban J connectivity index is 1.82. The fraction of sp³-hybridized carbons (Fsp3) is 0.562. The van der Waals surface area contributed by atoms with Crippen LogP contribution in [0.2, 0.25) is 0 Å². The van der Waals surface area contributed by atoms with Gasteiger partial charge in [-0.05, 0) is 42.6 Å². The van der Waals surface area contributed by atoms with Crippen LogP contribution in [-0.4, -0.2) is 9.55 Å². The number of halogens is 2. The molecule has 0 saturated heterocycles. The molecule has 1 heterocycles. The first-order valence-corrected chi connectivity index (χ1v) is 8.03. The summed E-state index contributed by atoms with van der Waals surface area (Å²) in [6.07, 6.45) is 5.98. The van der Waals surface area contributed by atoms with E-state index in [1.165, 1.54) is 25.7 Å². The van der Waals surface area contributed by atoms with Crippen molar-refractivity contribution in [3.8, 4) is 0 Å². The Kier molecular flexibility index (Phi) is 4.11. The predicted molar refractivity (Wildman–Crippen MR) is 82.8 cm³/mol. The van der Waals surface area contributed by atoms with Crippen LogP contribution in [0.3, 0.4) is 0 Å². The van der Waals surface area contributed by atoms with E-state index in [1.54, 1.807) is 10.6 Å². The number of aromatic nitrogens is 2. The van der Waals surface area contributed by atoms with Crippen molar-refractivity contribution in [2.45, 2.75) is 45.6 Å². The van der Waals surface area contributed by atoms with Gasteiger partial charge in [0.2, 0.25) is 0 Å². The van der Waals surface area contributed by atoms with E-state index in [2.05, 4.69) is 11.9 Å². The van der Waals surface area contributed by atoms with Gasteiger partial charge in [0.1, 0.15) is 5.52 Å². The third-order valence-electron chi connectivity index (χ3n) is 4.72. The fourth-order valence-corrected chi connectivity index (χ4v) is 3.62. The third kappa shape index (κ3) is 2.89. The fourth-order valence-electron chi connectivity index (χ4n) is 3.33. The Labute approximate surface area is 128 Å². The summed E-state index contributed by atoms with van der Waals surface area (Å²) in [4.78, 5) is 2.96. The second-order valence-electron chi connectivity index (χ2n) is 6.25. The molecular formula is C16H20F2N2S. The van der Waals surface area contributed by atoms with Gasteiger partial charge in [-0.3, -0.25) is 0 Å². The molecule has 3 rings (SSSR count). The van der Waals surface area contributed by atoms with E-state index < -0.39 is 11.6 Å². The second-order valence-corrected chi connectivity index (χ2v) is 6.64. The van der Waals surface area contributed by atoms with E-state index >= 15 is 0 Å². The Morgan fingerprint density at radius 2 is 1.95 bits per heavy atom. The topological polar surface area (TPSA) is 20.7 Å². The summed E-state index contributed by atoms with van der Waals surface area (Å²) >= 11 is 5.26. The van der Waals surface area contributed by atoms with E-state index in [4.69, 9.17) is 12.2 Å². The lowest BCUT2D eigenvalue weighted by atomic mass is 9.81. The van der Waals surface area contributed by atoms with E-state index in [9.17, 15) is 8.78 Å². The van der Waals surface area contributed by atoms with Crippen LogP contribution < -0.4 is 0 Å². The number of nitrogens with zero attached hydrogens (tertiary/aromatic N) is 1. The molecular weight excluding hydrogens is 290 g/mol. The SMILES string of the molecule is CC1CCC(CCn2c(=S)[nH]c3ccc(F)c(F)c32)CC1. The monoisotopic (exact) mass is 310 g/mol. The molecule has 1 saturated carbocycles. The van der Waals surface area contributed by atoms with Gasteiger partial charge in [0.05, 0.1) is 5.52 Å². The van der Waals surface area contributed by atoms with Gasteiger partial charge in [0, 0.05) is 6.54 Å². The van der Waals surface area contributed by atoms with E-state index in [-0.39, 0.29) is 5.52 Å². The third-order valence-corrected chi connectivity index (χ3v) is 5.04. The first-order chi connectivity index (χ1) is 10.1. The van der Waals surface area contributed by atoms with E-state index in [0.29, 0.717) is 22.8 Å². The lowest BCUT2D eigenvalue weighted by Crippen LogP contribution is -2.14. The molecule has 1 fully saturated rings. The highest BCUT2D eigenvalue weighted by Crippen LogP contribution is 2.31. The molecule has 1 aromatic heterocycles. The first kappa shape index (κ1) is 14.7. The van der Waals surface area contributed by atoms with Gasteiger partial charge in [-0.2, -0.15) is 0 Å². The molecule has 0 atom stereocenters. The zero-order valence-corrected chi connectivity index (χ0v) is 13.0. The smallest absolute Gasteiger partial charge is 0.184 e. The minimum atomic E-state index is -0.822. The Morgan fingerprint density at radius 1 is 1.24 bits per heavy atom. The summed E-state index contributed by atoms with van der Waals surface area (Å²) in [7, 11) is 0. The minimum absolute atomic E-state index is 0.268. The molecule has 0 spiro atoms. The number of rotatable bonds is 3. The van der Waals surface area contributed by atoms with Gasteiger partial charge in [0.15, 0.2) is 16.4 Å². The van der Waals surface area contributed by atoms with Crippen LogP contribution in [0.25, 0.3) is 11.0 Å². The van der Waals surface area contributed by atoms with Crippen LogP contribution in [0.5, 0.6) is 0 Å². The van der Waals surface area contributed by atoms with Crippen molar-refractivity contribution in [1.29, 1.82) is 0 Å². The standard InChI is InChI=1S/C16H20F2N2S/c1-10-2-4-11(5-3-10)8-9-20-15-13(19-16(20)21)7-6-12(17)14(15)18/h6-7,10-11H,2-5,8-9H2,1H3,(H,19,21). The Morgan fingerprint density at radius 3 is 2.67 bits per heavy atom. The predicted octanol–water partition coefficient (Wildman–Crippen LogP) is 5.19. The molecule has 5 heteroatoms. The van der Waals surface area contributed by atoms with Crippen molar-refractivity contribution in [2.24, 2.45) is 11.8 Å². The van der Waals surface area contributed by atoms with Gasteiger partial charge < -0.3 is 9.55 Å². The molecule has 1 N–H and O–H groups in total. The summed E-state index contributed by atoms with van der Waals surface area (Å²) in [6.45, 7) is 2.95. The van der Waals surface area contributed by atoms with Crippen LogP contribution in [-0.2, 0) is 6.54 Å². The summed E-state index contributed by atoms with van der Waals surface area (Å²) in [5.41, 5.74) is 0.834. The molecule has 2 nitrogen and oxygen atoms in total. The molecule has 21 heavy (non-hydrogen) atoms. The average Bonchev–Trinajstić information content (AvgIpc) is 2.79. The highest BCUT2D eigenvalue weighted by atomic mass is 32.1. The molecule has 1 aromatic carbocycles. The summed E-state index contributed by atoms with van der Waals surface area (Å²) in [5, 5.41) is 0. The molecule has 0 amide bonds. The quantitative estimate of drug-likeness (QED) is 0.773. The lowest BCUT2D eigenvalue weighted by molar-refractivity contribution is 0.269. The summed E-state index contributed by atoms with van der Waals surface area (Å²) in [5.74, 6) is -0.137. The zero-order valence-electron chi connectivity index (χ0n) is 12.2. The van der Waals surface area contributed by atoms with Crippen molar-refractivity contribution >= 4 is 23.3 Å². The van der Waals surface area contributed by atoms with E-state index in [1.807, 2.05) is 0 Å². The molecule has 0 radical (unpaired) electrons. The Bertz CT molecular complexity index is 696. The molecule has 1 aliphatic rings. The maximum atomic E-state index is 14.0. The number of hydrogen-bond donors (Lipinski definition) is 1. The van der Waals surface area contributed by atoms with Gasteiger partial charge in [-0.15, -0.1) is 0 Å². The molecule has 0 bridgehead atoms. The van der Waals surface area contributed by atoms with Crippen molar-refractivity contribution in [2.75, 3.05) is 0 Å². The maximum absolute atomic E-state index is 14.0. The summed E-state index contributed by atoms with van der Waals surface area (Å²) in [6, 6.07) is 2.68. The zero-order chi connectivity index (χ0) is 15.0. The second kappa shape index (κ2) is 5.87. The number of hydrogen-bond acceptors (Lipinski definition) is 1. The van der Waals surface area contributed by atoms with Crippen LogP contribution in [0.15, 0.2) is 12.1 Å². The molecule has 114 valence electrons. The number of H-pyrrole nitrogens is 1. The normalized spacial score (nSPS) is 22.8. The van der Waals surface area contributed by atoms with Crippen molar-refractivity contribution in [3.05, 3.63) is 28.5 Å². The van der Waals surface area contributed by atoms with Gasteiger partial charge in [-0.25, -0.2) is 8.78 Å². The van der Waals surface area contributed by atoms with Gasteiger partial charge in [-0.1, -0.05) is 32.6 Å². The van der Waals surface area contributed by atoms with Crippen molar-refractivity contribution in [1.82, 2.24) is 9.55 Å². The number of aryl methyl sites for hydroxylation is 1. The van der Waals surface area contributed by atoms with Crippen molar-refractivity contribution in [3.63, 3.8) is 0 Å². The molecule has 2 aromatic rings. The largest absolute Gasteiger partial charge is 0.330 e. The van der Waals surface area contributed by atoms with Crippen LogP contribution in [0.4, 0.5) is 8.78 Å². The lowest BCUT2D eigenvalue weighted by Gasteiger charge is -2.26. The molecule has 0 unspecified atom stereocenters. The average molecular weight is 310 g/mol. The minimum Gasteiger partial charge on any atom is -0.330 e. The Hall–Kier alpha value is -1.23. The van der Waals surface area contributed by atoms with E-state index in [0.717, 1.165) is 18.4 Å². The number of nitrogens with one attached hydrogen (secondary N) is 1. The van der Waals surface area contributed by atoms with Gasteiger partial charge >= 0.3 is 0 Å². The van der Waals surface area contributed by atoms with Crippen LogP contribution in [0.1, 0.15) is 39.0 Å². The molecule has 0 aliphatic heterocycles. The summed E-state index contributed by atoms with van der Waals surface area (Å²) < 4.78 is 29.6.